The van der Waals surface area contributed by atoms with Gasteiger partial charge in [0.2, 0.25) is 5.91 Å². The minimum atomic E-state index is -0.668. The number of nitrogens with one attached hydrogen (secondary N) is 1. The molecule has 2 aliphatic heterocycles. The minimum Gasteiger partial charge on any atom is -0.362 e. The standard InChI is InChI=1S/C31H37F2N3O2/c1-2-34-30-6-4-3-5-26(30)17-23-9-13-35(14-10-23)29(22-37)20-24-11-15-36(16-12-24)31(38)8-7-25-18-27(32)21-28(33)19-25/h2-8,18-19,21-24,29,34H,1,9-17,20H2/b8-7+. The van der Waals surface area contributed by atoms with E-state index in [4.69, 9.17) is 0 Å². The summed E-state index contributed by atoms with van der Waals surface area (Å²) in [5, 5.41) is 3.23. The van der Waals surface area contributed by atoms with E-state index in [-0.39, 0.29) is 11.9 Å². The Morgan fingerprint density at radius 2 is 1.66 bits per heavy atom. The lowest BCUT2D eigenvalue weighted by Gasteiger charge is -2.38. The summed E-state index contributed by atoms with van der Waals surface area (Å²) >= 11 is 0. The summed E-state index contributed by atoms with van der Waals surface area (Å²) in [5.74, 6) is -0.509. The number of aldehydes is 1. The van der Waals surface area contributed by atoms with Gasteiger partial charge in [0.05, 0.1) is 6.04 Å². The van der Waals surface area contributed by atoms with E-state index in [0.717, 1.165) is 69.7 Å². The highest BCUT2D eigenvalue weighted by molar-refractivity contribution is 5.91. The second kappa shape index (κ2) is 13.5. The van der Waals surface area contributed by atoms with Crippen molar-refractivity contribution >= 4 is 24.0 Å². The van der Waals surface area contributed by atoms with Crippen molar-refractivity contribution in [2.75, 3.05) is 31.5 Å². The number of amides is 1. The first kappa shape index (κ1) is 27.7. The number of anilines is 1. The van der Waals surface area contributed by atoms with Gasteiger partial charge in [0, 0.05) is 30.9 Å². The first-order valence-electron chi connectivity index (χ1n) is 13.5. The summed E-state index contributed by atoms with van der Waals surface area (Å²) in [5.41, 5.74) is 2.73. The Bertz CT molecular complexity index is 1120. The number of piperidine rings is 2. The minimum absolute atomic E-state index is 0.0827. The SMILES string of the molecule is C=CNc1ccccc1CC1CCN(C(C=O)CC2CCN(C(=O)/C=C/c3cc(F)cc(F)c3)CC2)CC1. The van der Waals surface area contributed by atoms with Gasteiger partial charge in [-0.05, 0) is 105 Å². The molecule has 0 spiro atoms. The molecule has 1 amide bonds. The van der Waals surface area contributed by atoms with Gasteiger partial charge in [-0.3, -0.25) is 9.69 Å². The number of hydrogen-bond acceptors (Lipinski definition) is 4. The van der Waals surface area contributed by atoms with Crippen LogP contribution in [0.5, 0.6) is 0 Å². The van der Waals surface area contributed by atoms with Gasteiger partial charge < -0.3 is 15.0 Å². The molecule has 2 aromatic carbocycles. The van der Waals surface area contributed by atoms with E-state index in [1.54, 1.807) is 11.1 Å². The summed E-state index contributed by atoms with van der Waals surface area (Å²) in [6.07, 6.45) is 11.3. The van der Waals surface area contributed by atoms with Crippen LogP contribution in [0, 0.1) is 23.5 Å². The second-order valence-electron chi connectivity index (χ2n) is 10.4. The maximum absolute atomic E-state index is 13.4. The van der Waals surface area contributed by atoms with E-state index < -0.39 is 11.6 Å². The molecule has 2 aliphatic rings. The van der Waals surface area contributed by atoms with E-state index >= 15 is 0 Å². The fourth-order valence-electron chi connectivity index (χ4n) is 5.71. The molecule has 1 atom stereocenters. The summed E-state index contributed by atoms with van der Waals surface area (Å²) < 4.78 is 26.7. The van der Waals surface area contributed by atoms with E-state index in [0.29, 0.717) is 30.5 Å². The van der Waals surface area contributed by atoms with Crippen molar-refractivity contribution in [3.8, 4) is 0 Å². The van der Waals surface area contributed by atoms with Gasteiger partial charge >= 0.3 is 0 Å². The van der Waals surface area contributed by atoms with Crippen LogP contribution >= 0.6 is 0 Å². The number of nitrogens with zero attached hydrogens (tertiary/aromatic N) is 2. The smallest absolute Gasteiger partial charge is 0.246 e. The summed E-state index contributed by atoms with van der Waals surface area (Å²) in [6.45, 7) is 6.87. The fourth-order valence-corrected chi connectivity index (χ4v) is 5.71. The van der Waals surface area contributed by atoms with Crippen molar-refractivity contribution in [3.63, 3.8) is 0 Å². The summed E-state index contributed by atoms with van der Waals surface area (Å²) in [7, 11) is 0. The molecule has 5 nitrogen and oxygen atoms in total. The van der Waals surface area contributed by atoms with Crippen LogP contribution in [-0.2, 0) is 16.0 Å². The molecule has 2 fully saturated rings. The van der Waals surface area contributed by atoms with Crippen LogP contribution in [0.25, 0.3) is 6.08 Å². The molecule has 0 bridgehead atoms. The fraction of sp³-hybridized carbons (Fsp3) is 0.419. The molecule has 202 valence electrons. The number of hydrogen-bond donors (Lipinski definition) is 1. The Labute approximate surface area is 224 Å². The van der Waals surface area contributed by atoms with E-state index in [1.165, 1.54) is 29.8 Å². The van der Waals surface area contributed by atoms with E-state index in [9.17, 15) is 18.4 Å². The molecule has 0 radical (unpaired) electrons. The van der Waals surface area contributed by atoms with Crippen LogP contribution in [0.15, 0.2) is 61.3 Å². The molecule has 7 heteroatoms. The van der Waals surface area contributed by atoms with Crippen molar-refractivity contribution in [3.05, 3.63) is 84.1 Å². The lowest BCUT2D eigenvalue weighted by molar-refractivity contribution is -0.127. The van der Waals surface area contributed by atoms with Gasteiger partial charge in [0.25, 0.3) is 0 Å². The van der Waals surface area contributed by atoms with Crippen molar-refractivity contribution in [2.24, 2.45) is 11.8 Å². The molecule has 1 unspecified atom stereocenters. The van der Waals surface area contributed by atoms with Crippen molar-refractivity contribution in [2.45, 2.75) is 44.6 Å². The number of likely N-dealkylation sites (tertiary alicyclic amines) is 2. The lowest BCUT2D eigenvalue weighted by Crippen LogP contribution is -2.45. The second-order valence-corrected chi connectivity index (χ2v) is 10.4. The summed E-state index contributed by atoms with van der Waals surface area (Å²) in [4.78, 5) is 28.7. The van der Waals surface area contributed by atoms with Gasteiger partial charge in [-0.2, -0.15) is 0 Å². The van der Waals surface area contributed by atoms with Crippen molar-refractivity contribution in [1.29, 1.82) is 0 Å². The molecule has 0 saturated carbocycles. The van der Waals surface area contributed by atoms with Crippen LogP contribution in [0.4, 0.5) is 14.5 Å². The molecule has 2 heterocycles. The average molecular weight is 522 g/mol. The predicted octanol–water partition coefficient (Wildman–Crippen LogP) is 5.68. The highest BCUT2D eigenvalue weighted by atomic mass is 19.1. The van der Waals surface area contributed by atoms with E-state index in [2.05, 4.69) is 35.0 Å². The molecule has 0 aliphatic carbocycles. The molecule has 2 saturated heterocycles. The molecule has 38 heavy (non-hydrogen) atoms. The third-order valence-electron chi connectivity index (χ3n) is 7.86. The number of carbonyl (C=O) groups excluding carboxylic acids is 2. The van der Waals surface area contributed by atoms with Gasteiger partial charge in [-0.15, -0.1) is 0 Å². The Morgan fingerprint density at radius 3 is 2.32 bits per heavy atom. The zero-order valence-electron chi connectivity index (χ0n) is 21.8. The van der Waals surface area contributed by atoms with Gasteiger partial charge in [-0.25, -0.2) is 8.78 Å². The Balaban J connectivity index is 1.22. The van der Waals surface area contributed by atoms with Crippen LogP contribution in [0.2, 0.25) is 0 Å². The zero-order valence-corrected chi connectivity index (χ0v) is 21.8. The highest BCUT2D eigenvalue weighted by Crippen LogP contribution is 2.29. The van der Waals surface area contributed by atoms with Gasteiger partial charge in [0.15, 0.2) is 0 Å². The van der Waals surface area contributed by atoms with Crippen LogP contribution in [-0.4, -0.2) is 54.2 Å². The third-order valence-corrected chi connectivity index (χ3v) is 7.86. The first-order chi connectivity index (χ1) is 18.4. The quantitative estimate of drug-likeness (QED) is 0.323. The van der Waals surface area contributed by atoms with E-state index in [1.807, 2.05) is 6.07 Å². The Hall–Kier alpha value is -3.32. The lowest BCUT2D eigenvalue weighted by atomic mass is 9.86. The predicted molar refractivity (Wildman–Crippen MR) is 147 cm³/mol. The largest absolute Gasteiger partial charge is 0.362 e. The van der Waals surface area contributed by atoms with Crippen molar-refractivity contribution < 1.29 is 18.4 Å². The zero-order chi connectivity index (χ0) is 26.9. The van der Waals surface area contributed by atoms with Crippen LogP contribution in [0.1, 0.15) is 43.2 Å². The van der Waals surface area contributed by atoms with Crippen LogP contribution in [0.3, 0.4) is 0 Å². The van der Waals surface area contributed by atoms with Gasteiger partial charge in [-0.1, -0.05) is 24.8 Å². The maximum Gasteiger partial charge on any atom is 0.246 e. The number of carbonyl (C=O) groups is 2. The average Bonchev–Trinajstić information content (AvgIpc) is 2.92. The number of rotatable bonds is 10. The first-order valence-corrected chi connectivity index (χ1v) is 13.5. The van der Waals surface area contributed by atoms with Crippen LogP contribution < -0.4 is 5.32 Å². The molecular formula is C31H37F2N3O2. The number of benzene rings is 2. The third kappa shape index (κ3) is 7.60. The Morgan fingerprint density at radius 1 is 1.00 bits per heavy atom. The topological polar surface area (TPSA) is 52.7 Å². The number of para-hydroxylation sites is 1. The highest BCUT2D eigenvalue weighted by Gasteiger charge is 2.29. The maximum atomic E-state index is 13.4. The summed E-state index contributed by atoms with van der Waals surface area (Å²) in [6, 6.07) is 11.5. The number of halogens is 2. The molecule has 0 aromatic heterocycles. The van der Waals surface area contributed by atoms with Crippen molar-refractivity contribution in [1.82, 2.24) is 9.80 Å². The van der Waals surface area contributed by atoms with Gasteiger partial charge in [0.1, 0.15) is 17.9 Å². The molecular weight excluding hydrogens is 484 g/mol. The Kier molecular flexibility index (Phi) is 9.82. The molecule has 1 N–H and O–H groups in total. The molecule has 4 rings (SSSR count). The molecule has 2 aromatic rings. The monoisotopic (exact) mass is 521 g/mol. The normalized spacial score (nSPS) is 18.4.